The number of aromatic nitrogens is 4. The summed E-state index contributed by atoms with van der Waals surface area (Å²) in [6, 6.07) is 11.4. The maximum absolute atomic E-state index is 13.1. The Labute approximate surface area is 187 Å². The van der Waals surface area contributed by atoms with E-state index < -0.39 is 23.2 Å². The molecule has 0 unspecified atom stereocenters. The fourth-order valence-electron chi connectivity index (χ4n) is 2.90. The average molecular weight is 480 g/mol. The summed E-state index contributed by atoms with van der Waals surface area (Å²) in [5.74, 6) is -0.948. The van der Waals surface area contributed by atoms with E-state index in [0.717, 1.165) is 17.8 Å². The largest absolute Gasteiger partial charge is 0.418 e. The molecule has 0 aliphatic rings. The van der Waals surface area contributed by atoms with Crippen molar-refractivity contribution >= 4 is 46.0 Å². The molecule has 0 aliphatic carbocycles. The van der Waals surface area contributed by atoms with Crippen LogP contribution in [0, 0.1) is 0 Å². The van der Waals surface area contributed by atoms with E-state index in [9.17, 15) is 22.8 Å². The molecule has 4 rings (SSSR count). The third kappa shape index (κ3) is 4.63. The first-order chi connectivity index (χ1) is 15.2. The van der Waals surface area contributed by atoms with Gasteiger partial charge < -0.3 is 10.3 Å². The minimum Gasteiger partial charge on any atom is -0.325 e. The van der Waals surface area contributed by atoms with Gasteiger partial charge in [0.15, 0.2) is 10.8 Å². The van der Waals surface area contributed by atoms with Crippen molar-refractivity contribution < 1.29 is 18.0 Å². The molecule has 0 atom stereocenters. The highest BCUT2D eigenvalue weighted by Gasteiger charge is 2.33. The number of thioether (sulfide) groups is 1. The van der Waals surface area contributed by atoms with E-state index in [0.29, 0.717) is 10.7 Å². The SMILES string of the molecule is O=C(CSc1nc2c(cnn2-c2ccc(Cl)cc2)c(=O)[nH]1)Nc1ccccc1C(F)(F)F. The number of para-hydroxylation sites is 1. The number of alkyl halides is 3. The number of hydrogen-bond acceptors (Lipinski definition) is 5. The van der Waals surface area contributed by atoms with Gasteiger partial charge in [-0.15, -0.1) is 0 Å². The van der Waals surface area contributed by atoms with Crippen LogP contribution in [0.25, 0.3) is 16.7 Å². The fraction of sp³-hybridized carbons (Fsp3) is 0.100. The van der Waals surface area contributed by atoms with Crippen LogP contribution in [0.5, 0.6) is 0 Å². The van der Waals surface area contributed by atoms with Crippen LogP contribution in [0.4, 0.5) is 18.9 Å². The highest BCUT2D eigenvalue weighted by molar-refractivity contribution is 7.99. The van der Waals surface area contributed by atoms with E-state index in [1.165, 1.54) is 29.1 Å². The molecule has 2 aromatic carbocycles. The summed E-state index contributed by atoms with van der Waals surface area (Å²) in [6.45, 7) is 0. The molecule has 1 amide bonds. The third-order valence-electron chi connectivity index (χ3n) is 4.33. The molecule has 32 heavy (non-hydrogen) atoms. The normalized spacial score (nSPS) is 11.6. The number of aromatic amines is 1. The van der Waals surface area contributed by atoms with Crippen LogP contribution in [0.2, 0.25) is 5.02 Å². The Balaban J connectivity index is 1.54. The van der Waals surface area contributed by atoms with Crippen molar-refractivity contribution in [3.63, 3.8) is 0 Å². The van der Waals surface area contributed by atoms with Gasteiger partial charge in [0.1, 0.15) is 5.39 Å². The molecule has 4 aromatic rings. The van der Waals surface area contributed by atoms with Crippen LogP contribution in [-0.2, 0) is 11.0 Å². The lowest BCUT2D eigenvalue weighted by Crippen LogP contribution is -2.18. The summed E-state index contributed by atoms with van der Waals surface area (Å²) >= 11 is 6.78. The summed E-state index contributed by atoms with van der Waals surface area (Å²) in [4.78, 5) is 31.5. The lowest BCUT2D eigenvalue weighted by Gasteiger charge is -2.13. The Kier molecular flexibility index (Phi) is 5.94. The van der Waals surface area contributed by atoms with Gasteiger partial charge in [-0.3, -0.25) is 9.59 Å². The van der Waals surface area contributed by atoms with E-state index >= 15 is 0 Å². The molecule has 2 aromatic heterocycles. The zero-order valence-electron chi connectivity index (χ0n) is 16.0. The fourth-order valence-corrected chi connectivity index (χ4v) is 3.68. The smallest absolute Gasteiger partial charge is 0.325 e. The number of halogens is 4. The second-order valence-electron chi connectivity index (χ2n) is 6.52. The standard InChI is InChI=1S/C20H13ClF3N5O2S/c21-11-5-7-12(8-6-11)29-17-13(9-25-29)18(31)28-19(27-17)32-10-16(30)26-15-4-2-1-3-14(15)20(22,23)24/h1-9H,10H2,(H,26,30)(H,27,28,31). The predicted octanol–water partition coefficient (Wildman–Crippen LogP) is 4.51. The zero-order valence-corrected chi connectivity index (χ0v) is 17.6. The zero-order chi connectivity index (χ0) is 22.9. The van der Waals surface area contributed by atoms with Crippen molar-refractivity contribution in [3.8, 4) is 5.69 Å². The Morgan fingerprint density at radius 2 is 1.88 bits per heavy atom. The summed E-state index contributed by atoms with van der Waals surface area (Å²) < 4.78 is 40.7. The molecule has 0 bridgehead atoms. The molecular formula is C20H13ClF3N5O2S. The minimum atomic E-state index is -4.60. The van der Waals surface area contributed by atoms with Gasteiger partial charge in [0.2, 0.25) is 5.91 Å². The maximum Gasteiger partial charge on any atom is 0.418 e. The molecule has 164 valence electrons. The molecule has 0 fully saturated rings. The van der Waals surface area contributed by atoms with Crippen molar-refractivity contribution in [1.29, 1.82) is 0 Å². The number of rotatable bonds is 5. The molecule has 12 heteroatoms. The molecular weight excluding hydrogens is 467 g/mol. The minimum absolute atomic E-state index is 0.123. The molecule has 0 saturated heterocycles. The topological polar surface area (TPSA) is 92.7 Å². The van der Waals surface area contributed by atoms with Crippen molar-refractivity contribution in [2.24, 2.45) is 0 Å². The van der Waals surface area contributed by atoms with Crippen LogP contribution in [0.1, 0.15) is 5.56 Å². The van der Waals surface area contributed by atoms with Crippen LogP contribution < -0.4 is 10.9 Å². The summed E-state index contributed by atoms with van der Waals surface area (Å²) in [5, 5.41) is 7.32. The second kappa shape index (κ2) is 8.67. The van der Waals surface area contributed by atoms with Gasteiger partial charge in [0.25, 0.3) is 5.56 Å². The predicted molar refractivity (Wildman–Crippen MR) is 115 cm³/mol. The van der Waals surface area contributed by atoms with Gasteiger partial charge >= 0.3 is 6.18 Å². The Hall–Kier alpha value is -3.31. The highest BCUT2D eigenvalue weighted by atomic mass is 35.5. The first-order valence-electron chi connectivity index (χ1n) is 9.05. The van der Waals surface area contributed by atoms with E-state index in [1.807, 2.05) is 0 Å². The van der Waals surface area contributed by atoms with Gasteiger partial charge in [-0.05, 0) is 36.4 Å². The van der Waals surface area contributed by atoms with Gasteiger partial charge in [-0.1, -0.05) is 35.5 Å². The molecule has 0 spiro atoms. The van der Waals surface area contributed by atoms with Crippen molar-refractivity contribution in [2.75, 3.05) is 11.1 Å². The Morgan fingerprint density at radius 1 is 1.16 bits per heavy atom. The number of benzene rings is 2. The Morgan fingerprint density at radius 3 is 2.59 bits per heavy atom. The van der Waals surface area contributed by atoms with Crippen molar-refractivity contribution in [3.05, 3.63) is 75.7 Å². The van der Waals surface area contributed by atoms with E-state index in [4.69, 9.17) is 11.6 Å². The second-order valence-corrected chi connectivity index (χ2v) is 7.92. The van der Waals surface area contributed by atoms with Crippen molar-refractivity contribution in [2.45, 2.75) is 11.3 Å². The van der Waals surface area contributed by atoms with Gasteiger partial charge in [-0.25, -0.2) is 9.67 Å². The van der Waals surface area contributed by atoms with Crippen molar-refractivity contribution in [1.82, 2.24) is 19.7 Å². The molecule has 0 saturated carbocycles. The van der Waals surface area contributed by atoms with E-state index in [2.05, 4.69) is 20.4 Å². The average Bonchev–Trinajstić information content (AvgIpc) is 3.17. The first kappa shape index (κ1) is 21.9. The number of nitrogens with zero attached hydrogens (tertiary/aromatic N) is 3. The van der Waals surface area contributed by atoms with Crippen LogP contribution in [0.15, 0.2) is 64.7 Å². The maximum atomic E-state index is 13.1. The van der Waals surface area contributed by atoms with Crippen LogP contribution >= 0.6 is 23.4 Å². The van der Waals surface area contributed by atoms with Gasteiger partial charge in [-0.2, -0.15) is 18.3 Å². The van der Waals surface area contributed by atoms with E-state index in [1.54, 1.807) is 24.3 Å². The number of carbonyl (C=O) groups is 1. The summed E-state index contributed by atoms with van der Waals surface area (Å²) in [5.41, 5.74) is -0.858. The number of nitrogens with one attached hydrogen (secondary N) is 2. The first-order valence-corrected chi connectivity index (χ1v) is 10.4. The lowest BCUT2D eigenvalue weighted by molar-refractivity contribution is -0.137. The molecule has 2 heterocycles. The number of fused-ring (bicyclic) bond motifs is 1. The number of hydrogen-bond donors (Lipinski definition) is 2. The van der Waals surface area contributed by atoms with Gasteiger partial charge in [0.05, 0.1) is 28.9 Å². The lowest BCUT2D eigenvalue weighted by atomic mass is 10.1. The molecule has 0 radical (unpaired) electrons. The number of H-pyrrole nitrogens is 1. The monoisotopic (exact) mass is 479 g/mol. The highest BCUT2D eigenvalue weighted by Crippen LogP contribution is 2.34. The molecule has 7 nitrogen and oxygen atoms in total. The summed E-state index contributed by atoms with van der Waals surface area (Å²) in [7, 11) is 0. The Bertz CT molecular complexity index is 1350. The van der Waals surface area contributed by atoms with Crippen LogP contribution in [0.3, 0.4) is 0 Å². The van der Waals surface area contributed by atoms with E-state index in [-0.39, 0.29) is 27.6 Å². The molecule has 2 N–H and O–H groups in total. The quantitative estimate of drug-likeness (QED) is 0.324. The number of amides is 1. The molecule has 0 aliphatic heterocycles. The third-order valence-corrected chi connectivity index (χ3v) is 5.46. The van der Waals surface area contributed by atoms with Crippen LogP contribution in [-0.4, -0.2) is 31.4 Å². The van der Waals surface area contributed by atoms with Gasteiger partial charge in [0, 0.05) is 5.02 Å². The number of carbonyl (C=O) groups excluding carboxylic acids is 1. The summed E-state index contributed by atoms with van der Waals surface area (Å²) in [6.07, 6.45) is -3.24. The number of anilines is 1.